The van der Waals surface area contributed by atoms with E-state index in [1.807, 2.05) is 0 Å². The summed E-state index contributed by atoms with van der Waals surface area (Å²) in [5.74, 6) is -0.592. The highest BCUT2D eigenvalue weighted by molar-refractivity contribution is 5.78. The van der Waals surface area contributed by atoms with Crippen molar-refractivity contribution >= 4 is 11.6 Å². The Hall–Kier alpha value is -2.70. The third-order valence-electron chi connectivity index (χ3n) is 2.64. The second-order valence-electron chi connectivity index (χ2n) is 4.10. The summed E-state index contributed by atoms with van der Waals surface area (Å²) in [5.41, 5.74) is 6.07. The number of hydrogen-bond donors (Lipinski definition) is 1. The Kier molecular flexibility index (Phi) is 3.56. The number of amides is 1. The van der Waals surface area contributed by atoms with E-state index in [-0.39, 0.29) is 12.1 Å². The molecule has 1 aromatic heterocycles. The summed E-state index contributed by atoms with van der Waals surface area (Å²) < 4.78 is 1.80. The Balaban J connectivity index is 2.30. The van der Waals surface area contributed by atoms with Crippen LogP contribution in [0.5, 0.6) is 0 Å². The van der Waals surface area contributed by atoms with Crippen molar-refractivity contribution in [3.05, 3.63) is 58.2 Å². The molecule has 0 fully saturated rings. The fourth-order valence-electron chi connectivity index (χ4n) is 1.81. The summed E-state index contributed by atoms with van der Waals surface area (Å²) in [5, 5.41) is 11.0. The molecule has 7 heteroatoms. The van der Waals surface area contributed by atoms with Crippen LogP contribution in [0, 0.1) is 10.1 Å². The molecule has 2 rings (SSSR count). The van der Waals surface area contributed by atoms with E-state index in [4.69, 9.17) is 5.73 Å². The van der Waals surface area contributed by atoms with Crippen LogP contribution in [0.25, 0.3) is 0 Å². The number of hydrogen-bond acceptors (Lipinski definition) is 4. The number of imidazole rings is 1. The van der Waals surface area contributed by atoms with Crippen molar-refractivity contribution in [3.63, 3.8) is 0 Å². The maximum Gasteiger partial charge on any atom is 0.273 e. The predicted octanol–water partition coefficient (Wildman–Crippen LogP) is 0.867. The highest BCUT2D eigenvalue weighted by Gasteiger charge is 2.16. The van der Waals surface area contributed by atoms with Gasteiger partial charge in [0.15, 0.2) is 0 Å². The molecule has 0 aliphatic heterocycles. The topological polar surface area (TPSA) is 104 Å². The van der Waals surface area contributed by atoms with Gasteiger partial charge in [0.25, 0.3) is 5.69 Å². The normalized spacial score (nSPS) is 10.3. The van der Waals surface area contributed by atoms with Crippen molar-refractivity contribution < 1.29 is 9.72 Å². The quantitative estimate of drug-likeness (QED) is 0.636. The molecule has 7 nitrogen and oxygen atoms in total. The Morgan fingerprint density at radius 1 is 1.47 bits per heavy atom. The zero-order valence-electron chi connectivity index (χ0n) is 10.0. The van der Waals surface area contributed by atoms with E-state index in [2.05, 4.69) is 4.98 Å². The minimum atomic E-state index is -0.592. The van der Waals surface area contributed by atoms with E-state index in [1.54, 1.807) is 35.4 Å². The molecule has 98 valence electrons. The number of nitrogens with zero attached hydrogens (tertiary/aromatic N) is 3. The number of carbonyl (C=O) groups is 1. The second kappa shape index (κ2) is 5.30. The van der Waals surface area contributed by atoms with E-state index in [9.17, 15) is 14.9 Å². The van der Waals surface area contributed by atoms with Gasteiger partial charge >= 0.3 is 0 Å². The summed E-state index contributed by atoms with van der Waals surface area (Å²) >= 11 is 0. The monoisotopic (exact) mass is 260 g/mol. The number of aromatic nitrogens is 2. The third-order valence-corrected chi connectivity index (χ3v) is 2.64. The lowest BCUT2D eigenvalue weighted by Gasteiger charge is -2.05. The largest absolute Gasteiger partial charge is 0.369 e. The molecular weight excluding hydrogens is 248 g/mol. The number of carbonyl (C=O) groups excluding carboxylic acids is 1. The Morgan fingerprint density at radius 3 is 2.84 bits per heavy atom. The van der Waals surface area contributed by atoms with Gasteiger partial charge in [-0.15, -0.1) is 0 Å². The van der Waals surface area contributed by atoms with Gasteiger partial charge in [0.05, 0.1) is 17.7 Å². The van der Waals surface area contributed by atoms with Gasteiger partial charge in [-0.2, -0.15) is 0 Å². The highest BCUT2D eigenvalue weighted by atomic mass is 16.6. The molecule has 0 saturated carbocycles. The van der Waals surface area contributed by atoms with Gasteiger partial charge in [-0.25, -0.2) is 4.98 Å². The summed E-state index contributed by atoms with van der Waals surface area (Å²) in [6.07, 6.45) is 4.89. The van der Waals surface area contributed by atoms with Crippen LogP contribution in [0.2, 0.25) is 0 Å². The minimum absolute atomic E-state index is 0.0867. The van der Waals surface area contributed by atoms with E-state index in [0.717, 1.165) is 5.56 Å². The Bertz CT molecular complexity index is 607. The molecule has 0 aliphatic carbocycles. The number of nitrogens with two attached hydrogens (primary N) is 1. The summed E-state index contributed by atoms with van der Waals surface area (Å²) in [6, 6.07) is 4.76. The maximum atomic E-state index is 11.0. The first-order chi connectivity index (χ1) is 9.06. The van der Waals surface area contributed by atoms with Gasteiger partial charge in [0, 0.05) is 30.6 Å². The van der Waals surface area contributed by atoms with Crippen LogP contribution in [0.4, 0.5) is 5.69 Å². The second-order valence-corrected chi connectivity index (χ2v) is 4.10. The summed E-state index contributed by atoms with van der Waals surface area (Å²) in [6.45, 7) is 0.484. The Labute approximate surface area is 108 Å². The number of primary amides is 1. The molecule has 0 saturated heterocycles. The van der Waals surface area contributed by atoms with Crippen LogP contribution >= 0.6 is 0 Å². The zero-order valence-corrected chi connectivity index (χ0v) is 10.0. The first-order valence-electron chi connectivity index (χ1n) is 5.56. The predicted molar refractivity (Wildman–Crippen MR) is 67.3 cm³/mol. The average molecular weight is 260 g/mol. The van der Waals surface area contributed by atoms with Gasteiger partial charge in [0.1, 0.15) is 0 Å². The van der Waals surface area contributed by atoms with Gasteiger partial charge in [-0.3, -0.25) is 14.9 Å². The standard InChI is InChI=1S/C12H12N4O3/c13-12(17)6-10-2-1-9(5-11(10)16(18)19)7-15-4-3-14-8-15/h1-5,8H,6-7H2,(H2,13,17). The van der Waals surface area contributed by atoms with Crippen molar-refractivity contribution in [2.75, 3.05) is 0 Å². The average Bonchev–Trinajstić information content (AvgIpc) is 2.83. The molecule has 1 aromatic carbocycles. The van der Waals surface area contributed by atoms with Crippen LogP contribution < -0.4 is 5.73 Å². The number of rotatable bonds is 5. The lowest BCUT2D eigenvalue weighted by atomic mass is 10.1. The number of benzene rings is 1. The van der Waals surface area contributed by atoms with Crippen LogP contribution in [-0.2, 0) is 17.8 Å². The fourth-order valence-corrected chi connectivity index (χ4v) is 1.81. The molecule has 0 atom stereocenters. The fraction of sp³-hybridized carbons (Fsp3) is 0.167. The first-order valence-corrected chi connectivity index (χ1v) is 5.56. The molecule has 2 N–H and O–H groups in total. The molecule has 0 aliphatic rings. The van der Waals surface area contributed by atoms with Crippen LogP contribution in [0.15, 0.2) is 36.9 Å². The van der Waals surface area contributed by atoms with Gasteiger partial charge < -0.3 is 10.3 Å². The maximum absolute atomic E-state index is 11.0. The van der Waals surface area contributed by atoms with Crippen molar-refractivity contribution in [2.45, 2.75) is 13.0 Å². The van der Waals surface area contributed by atoms with Crippen molar-refractivity contribution in [1.82, 2.24) is 9.55 Å². The van der Waals surface area contributed by atoms with Crippen LogP contribution in [-0.4, -0.2) is 20.4 Å². The molecular formula is C12H12N4O3. The van der Waals surface area contributed by atoms with Gasteiger partial charge in [-0.05, 0) is 5.56 Å². The first kappa shape index (κ1) is 12.7. The molecule has 0 spiro atoms. The zero-order chi connectivity index (χ0) is 13.8. The minimum Gasteiger partial charge on any atom is -0.369 e. The molecule has 1 amide bonds. The summed E-state index contributed by atoms with van der Waals surface area (Å²) in [7, 11) is 0. The summed E-state index contributed by atoms with van der Waals surface area (Å²) in [4.78, 5) is 25.3. The van der Waals surface area contributed by atoms with Crippen LogP contribution in [0.3, 0.4) is 0 Å². The number of nitro benzene ring substituents is 1. The SMILES string of the molecule is NC(=O)Cc1ccc(Cn2ccnc2)cc1[N+](=O)[O-]. The van der Waals surface area contributed by atoms with Crippen molar-refractivity contribution in [1.29, 1.82) is 0 Å². The molecule has 19 heavy (non-hydrogen) atoms. The molecule has 0 unspecified atom stereocenters. The molecule has 0 radical (unpaired) electrons. The number of nitro groups is 1. The van der Waals surface area contributed by atoms with E-state index >= 15 is 0 Å². The highest BCUT2D eigenvalue weighted by Crippen LogP contribution is 2.21. The smallest absolute Gasteiger partial charge is 0.273 e. The van der Waals surface area contributed by atoms with E-state index in [0.29, 0.717) is 12.1 Å². The van der Waals surface area contributed by atoms with Crippen LogP contribution in [0.1, 0.15) is 11.1 Å². The molecule has 2 aromatic rings. The van der Waals surface area contributed by atoms with Crippen molar-refractivity contribution in [2.24, 2.45) is 5.73 Å². The molecule has 0 bridgehead atoms. The lowest BCUT2D eigenvalue weighted by molar-refractivity contribution is -0.385. The lowest BCUT2D eigenvalue weighted by Crippen LogP contribution is -2.14. The van der Waals surface area contributed by atoms with E-state index in [1.165, 1.54) is 6.07 Å². The van der Waals surface area contributed by atoms with Crippen molar-refractivity contribution in [3.8, 4) is 0 Å². The van der Waals surface area contributed by atoms with Gasteiger partial charge in [-0.1, -0.05) is 12.1 Å². The van der Waals surface area contributed by atoms with Gasteiger partial charge in [0.2, 0.25) is 5.91 Å². The van der Waals surface area contributed by atoms with E-state index < -0.39 is 10.8 Å². The third kappa shape index (κ3) is 3.15. The Morgan fingerprint density at radius 2 is 2.26 bits per heavy atom. The molecule has 1 heterocycles.